The molecule has 0 saturated carbocycles. The van der Waals surface area contributed by atoms with Crippen molar-refractivity contribution in [3.8, 4) is 0 Å². The van der Waals surface area contributed by atoms with Crippen LogP contribution in [0.3, 0.4) is 0 Å². The van der Waals surface area contributed by atoms with E-state index in [1.165, 1.54) is 16.7 Å². The average Bonchev–Trinajstić information content (AvgIpc) is 2.30. The summed E-state index contributed by atoms with van der Waals surface area (Å²) in [7, 11) is 3.31. The molecule has 0 atom stereocenters. The predicted molar refractivity (Wildman–Crippen MR) is 67.4 cm³/mol. The molecule has 0 spiro atoms. The fourth-order valence-electron chi connectivity index (χ4n) is 1.55. The van der Waals surface area contributed by atoms with Gasteiger partial charge >= 0.3 is 0 Å². The summed E-state index contributed by atoms with van der Waals surface area (Å²) >= 11 is 0. The van der Waals surface area contributed by atoms with Crippen LogP contribution in [0.15, 0.2) is 24.3 Å². The maximum Gasteiger partial charge on any atom is 0.160 e. The summed E-state index contributed by atoms with van der Waals surface area (Å²) in [6.07, 6.45) is 4.81. The van der Waals surface area contributed by atoms with Gasteiger partial charge in [0.05, 0.1) is 0 Å². The van der Waals surface area contributed by atoms with Crippen LogP contribution >= 0.6 is 0 Å². The molecule has 0 heterocycles. The van der Waals surface area contributed by atoms with E-state index in [4.69, 9.17) is 9.47 Å². The van der Waals surface area contributed by atoms with E-state index in [1.807, 2.05) is 0 Å². The summed E-state index contributed by atoms with van der Waals surface area (Å²) in [5, 5.41) is 0. The van der Waals surface area contributed by atoms with Gasteiger partial charge in [0.1, 0.15) is 0 Å². The van der Waals surface area contributed by atoms with Crippen LogP contribution in [-0.2, 0) is 9.47 Å². The van der Waals surface area contributed by atoms with Gasteiger partial charge in [-0.3, -0.25) is 0 Å². The van der Waals surface area contributed by atoms with Gasteiger partial charge in [0.15, 0.2) is 6.29 Å². The Morgan fingerprint density at radius 3 is 2.50 bits per heavy atom. The van der Waals surface area contributed by atoms with Gasteiger partial charge in [-0.2, -0.15) is 0 Å². The minimum Gasteiger partial charge on any atom is -0.356 e. The van der Waals surface area contributed by atoms with Crippen LogP contribution in [0.25, 0.3) is 6.08 Å². The van der Waals surface area contributed by atoms with Crippen molar-refractivity contribution in [1.82, 2.24) is 0 Å². The summed E-state index contributed by atoms with van der Waals surface area (Å²) in [5.41, 5.74) is 3.90. The van der Waals surface area contributed by atoms with Gasteiger partial charge in [-0.1, -0.05) is 30.4 Å². The Balaban J connectivity index is 2.66. The van der Waals surface area contributed by atoms with Crippen LogP contribution in [0.1, 0.15) is 23.1 Å². The molecule has 0 aliphatic carbocycles. The summed E-state index contributed by atoms with van der Waals surface area (Å²) in [4.78, 5) is 0. The van der Waals surface area contributed by atoms with Crippen LogP contribution in [-0.4, -0.2) is 20.5 Å². The van der Waals surface area contributed by atoms with Crippen molar-refractivity contribution in [1.29, 1.82) is 0 Å². The molecule has 0 radical (unpaired) electrons. The molecule has 1 aromatic carbocycles. The molecule has 0 saturated heterocycles. The van der Waals surface area contributed by atoms with E-state index < -0.39 is 0 Å². The highest BCUT2D eigenvalue weighted by molar-refractivity contribution is 5.55. The smallest absolute Gasteiger partial charge is 0.160 e. The van der Waals surface area contributed by atoms with Crippen LogP contribution < -0.4 is 0 Å². The Labute approximate surface area is 97.9 Å². The topological polar surface area (TPSA) is 18.5 Å². The number of hydrogen-bond acceptors (Lipinski definition) is 2. The standard InChI is InChI=1S/C14H20O2/c1-11-7-5-8-13(12(11)2)9-6-10-14(15-3)16-4/h5-9,14H,10H2,1-4H3/b9-6+. The first-order valence-electron chi connectivity index (χ1n) is 5.47. The molecular weight excluding hydrogens is 200 g/mol. The minimum absolute atomic E-state index is 0.152. The molecule has 0 bridgehead atoms. The lowest BCUT2D eigenvalue weighted by molar-refractivity contribution is -0.0985. The molecule has 0 unspecified atom stereocenters. The van der Waals surface area contributed by atoms with E-state index in [1.54, 1.807) is 14.2 Å². The highest BCUT2D eigenvalue weighted by atomic mass is 16.7. The Kier molecular flexibility index (Phi) is 5.23. The van der Waals surface area contributed by atoms with Crippen molar-refractivity contribution in [3.05, 3.63) is 41.0 Å². The largest absolute Gasteiger partial charge is 0.356 e. The molecule has 0 aliphatic rings. The molecular formula is C14H20O2. The second kappa shape index (κ2) is 6.46. The van der Waals surface area contributed by atoms with E-state index in [-0.39, 0.29) is 6.29 Å². The number of rotatable bonds is 5. The zero-order valence-electron chi connectivity index (χ0n) is 10.5. The fourth-order valence-corrected chi connectivity index (χ4v) is 1.55. The highest BCUT2D eigenvalue weighted by Crippen LogP contribution is 2.14. The first-order chi connectivity index (χ1) is 7.69. The van der Waals surface area contributed by atoms with E-state index in [0.717, 1.165) is 6.42 Å². The normalized spacial score (nSPS) is 11.6. The molecule has 0 amide bonds. The Hall–Kier alpha value is -1.12. The van der Waals surface area contributed by atoms with Gasteiger partial charge in [-0.15, -0.1) is 0 Å². The van der Waals surface area contributed by atoms with Gasteiger partial charge in [-0.25, -0.2) is 0 Å². The van der Waals surface area contributed by atoms with E-state index >= 15 is 0 Å². The van der Waals surface area contributed by atoms with Crippen molar-refractivity contribution >= 4 is 6.08 Å². The maximum atomic E-state index is 5.12. The SMILES string of the molecule is COC(C/C=C/c1cccc(C)c1C)OC. The van der Waals surface area contributed by atoms with Gasteiger partial charge in [0.25, 0.3) is 0 Å². The maximum absolute atomic E-state index is 5.12. The molecule has 0 fully saturated rings. The molecule has 1 rings (SSSR count). The lowest BCUT2D eigenvalue weighted by Gasteiger charge is -2.10. The third-order valence-electron chi connectivity index (χ3n) is 2.80. The lowest BCUT2D eigenvalue weighted by Crippen LogP contribution is -2.10. The Morgan fingerprint density at radius 2 is 1.88 bits per heavy atom. The van der Waals surface area contributed by atoms with Crippen LogP contribution in [0.4, 0.5) is 0 Å². The number of benzene rings is 1. The number of hydrogen-bond donors (Lipinski definition) is 0. The Morgan fingerprint density at radius 1 is 1.19 bits per heavy atom. The van der Waals surface area contributed by atoms with Gasteiger partial charge < -0.3 is 9.47 Å². The van der Waals surface area contributed by atoms with Crippen LogP contribution in [0.5, 0.6) is 0 Å². The van der Waals surface area contributed by atoms with Crippen LogP contribution in [0.2, 0.25) is 0 Å². The number of methoxy groups -OCH3 is 2. The van der Waals surface area contributed by atoms with Crippen LogP contribution in [0, 0.1) is 13.8 Å². The second-order valence-electron chi connectivity index (χ2n) is 3.83. The summed E-state index contributed by atoms with van der Waals surface area (Å²) < 4.78 is 10.2. The lowest BCUT2D eigenvalue weighted by atomic mass is 10.0. The first-order valence-corrected chi connectivity index (χ1v) is 5.47. The first kappa shape index (κ1) is 12.9. The molecule has 2 heteroatoms. The van der Waals surface area contributed by atoms with Crippen molar-refractivity contribution in [2.75, 3.05) is 14.2 Å². The van der Waals surface area contributed by atoms with Crippen molar-refractivity contribution < 1.29 is 9.47 Å². The summed E-state index contributed by atoms with van der Waals surface area (Å²) in [6.45, 7) is 4.26. The zero-order chi connectivity index (χ0) is 12.0. The van der Waals surface area contributed by atoms with E-state index in [2.05, 4.69) is 44.2 Å². The molecule has 16 heavy (non-hydrogen) atoms. The van der Waals surface area contributed by atoms with Crippen molar-refractivity contribution in [2.24, 2.45) is 0 Å². The molecule has 0 aromatic heterocycles. The van der Waals surface area contributed by atoms with Gasteiger partial charge in [0.2, 0.25) is 0 Å². The summed E-state index contributed by atoms with van der Waals surface area (Å²) in [6, 6.07) is 6.32. The molecule has 1 aromatic rings. The predicted octanol–water partition coefficient (Wildman–Crippen LogP) is 3.33. The third kappa shape index (κ3) is 3.47. The highest BCUT2D eigenvalue weighted by Gasteiger charge is 2.01. The van der Waals surface area contributed by atoms with E-state index in [0.29, 0.717) is 0 Å². The second-order valence-corrected chi connectivity index (χ2v) is 3.83. The van der Waals surface area contributed by atoms with Crippen molar-refractivity contribution in [2.45, 2.75) is 26.6 Å². The zero-order valence-corrected chi connectivity index (χ0v) is 10.5. The van der Waals surface area contributed by atoms with Crippen molar-refractivity contribution in [3.63, 3.8) is 0 Å². The average molecular weight is 220 g/mol. The van der Waals surface area contributed by atoms with Gasteiger partial charge in [-0.05, 0) is 30.5 Å². The third-order valence-corrected chi connectivity index (χ3v) is 2.80. The molecule has 2 nitrogen and oxygen atoms in total. The van der Waals surface area contributed by atoms with E-state index in [9.17, 15) is 0 Å². The molecule has 0 aliphatic heterocycles. The quantitative estimate of drug-likeness (QED) is 0.709. The molecule has 88 valence electrons. The summed E-state index contributed by atoms with van der Waals surface area (Å²) in [5.74, 6) is 0. The number of ether oxygens (including phenoxy) is 2. The fraction of sp³-hybridized carbons (Fsp3) is 0.429. The Bertz CT molecular complexity index is 352. The number of aryl methyl sites for hydroxylation is 1. The molecule has 0 N–H and O–H groups in total. The van der Waals surface area contributed by atoms with Gasteiger partial charge in [0, 0.05) is 20.6 Å². The minimum atomic E-state index is -0.152. The monoisotopic (exact) mass is 220 g/mol.